The van der Waals surface area contributed by atoms with Gasteiger partial charge in [0.15, 0.2) is 4.77 Å². The second-order valence-corrected chi connectivity index (χ2v) is 6.30. The van der Waals surface area contributed by atoms with Gasteiger partial charge in [-0.2, -0.15) is 0 Å². The Morgan fingerprint density at radius 1 is 1.33 bits per heavy atom. The molecule has 1 N–H and O–H groups in total. The van der Waals surface area contributed by atoms with Gasteiger partial charge in [-0.25, -0.2) is 0 Å². The molecule has 0 spiro atoms. The number of aromatic nitrogens is 2. The third-order valence-corrected chi connectivity index (χ3v) is 4.69. The Labute approximate surface area is 116 Å². The molecule has 0 bridgehead atoms. The molecule has 0 aliphatic heterocycles. The van der Waals surface area contributed by atoms with E-state index in [1.165, 1.54) is 44.2 Å². The molecule has 1 atom stereocenters. The van der Waals surface area contributed by atoms with E-state index in [2.05, 4.69) is 36.5 Å². The summed E-state index contributed by atoms with van der Waals surface area (Å²) in [5.74, 6) is 1.36. The zero-order valence-corrected chi connectivity index (χ0v) is 12.7. The maximum Gasteiger partial charge on any atom is 0.177 e. The lowest BCUT2D eigenvalue weighted by atomic mass is 9.82. The molecule has 1 aromatic rings. The van der Waals surface area contributed by atoms with Crippen molar-refractivity contribution >= 4 is 12.2 Å². The first-order valence-corrected chi connectivity index (χ1v) is 7.85. The SMILES string of the molecule is CCC(C1CCCCC1)n1c(C(C)C)c[nH]c1=S. The highest BCUT2D eigenvalue weighted by molar-refractivity contribution is 7.71. The van der Waals surface area contributed by atoms with Crippen LogP contribution >= 0.6 is 12.2 Å². The first-order valence-electron chi connectivity index (χ1n) is 7.45. The molecule has 2 rings (SSSR count). The zero-order chi connectivity index (χ0) is 13.1. The molecule has 1 aromatic heterocycles. The normalized spacial score (nSPS) is 19.3. The molecule has 0 saturated heterocycles. The Hall–Kier alpha value is -0.570. The second-order valence-electron chi connectivity index (χ2n) is 5.92. The number of hydrogen-bond donors (Lipinski definition) is 1. The summed E-state index contributed by atoms with van der Waals surface area (Å²) in [6, 6.07) is 0.599. The molecule has 102 valence electrons. The minimum Gasteiger partial charge on any atom is -0.337 e. The van der Waals surface area contributed by atoms with Gasteiger partial charge < -0.3 is 9.55 Å². The van der Waals surface area contributed by atoms with Gasteiger partial charge in [-0.1, -0.05) is 40.0 Å². The van der Waals surface area contributed by atoms with E-state index in [0.29, 0.717) is 12.0 Å². The van der Waals surface area contributed by atoms with Crippen LogP contribution in [0.15, 0.2) is 6.20 Å². The minimum atomic E-state index is 0.538. The number of imidazole rings is 1. The molecule has 1 heterocycles. The first-order chi connectivity index (χ1) is 8.65. The molecule has 18 heavy (non-hydrogen) atoms. The van der Waals surface area contributed by atoms with Crippen molar-refractivity contribution in [3.8, 4) is 0 Å². The van der Waals surface area contributed by atoms with Crippen LogP contribution in [0, 0.1) is 10.7 Å². The minimum absolute atomic E-state index is 0.538. The van der Waals surface area contributed by atoms with Crippen LogP contribution in [0.5, 0.6) is 0 Å². The third kappa shape index (κ3) is 2.71. The Kier molecular flexibility index (Phi) is 4.66. The number of aromatic amines is 1. The van der Waals surface area contributed by atoms with Gasteiger partial charge in [-0.3, -0.25) is 0 Å². The van der Waals surface area contributed by atoms with E-state index in [4.69, 9.17) is 12.2 Å². The van der Waals surface area contributed by atoms with Crippen LogP contribution in [0.3, 0.4) is 0 Å². The fourth-order valence-corrected chi connectivity index (χ4v) is 3.72. The van der Waals surface area contributed by atoms with Gasteiger partial charge in [0, 0.05) is 17.9 Å². The number of nitrogens with one attached hydrogen (secondary N) is 1. The Bertz CT molecular complexity index is 424. The number of hydrogen-bond acceptors (Lipinski definition) is 1. The molecule has 0 aromatic carbocycles. The van der Waals surface area contributed by atoms with E-state index in [0.717, 1.165) is 10.7 Å². The average Bonchev–Trinajstić information content (AvgIpc) is 2.74. The van der Waals surface area contributed by atoms with Gasteiger partial charge >= 0.3 is 0 Å². The van der Waals surface area contributed by atoms with Crippen LogP contribution in [0.25, 0.3) is 0 Å². The first kappa shape index (κ1) is 13.9. The number of rotatable bonds is 4. The average molecular weight is 266 g/mol. The molecule has 1 fully saturated rings. The van der Waals surface area contributed by atoms with E-state index < -0.39 is 0 Å². The molecule has 1 aliphatic rings. The van der Waals surface area contributed by atoms with Gasteiger partial charge in [-0.05, 0) is 43.3 Å². The number of H-pyrrole nitrogens is 1. The van der Waals surface area contributed by atoms with Crippen molar-refractivity contribution in [2.45, 2.75) is 71.3 Å². The molecule has 0 radical (unpaired) electrons. The summed E-state index contributed by atoms with van der Waals surface area (Å²) < 4.78 is 3.33. The topological polar surface area (TPSA) is 20.7 Å². The smallest absolute Gasteiger partial charge is 0.177 e. The lowest BCUT2D eigenvalue weighted by Gasteiger charge is -2.32. The number of nitrogens with zero attached hydrogens (tertiary/aromatic N) is 1. The van der Waals surface area contributed by atoms with Crippen molar-refractivity contribution in [3.05, 3.63) is 16.7 Å². The zero-order valence-electron chi connectivity index (χ0n) is 11.9. The molecule has 1 unspecified atom stereocenters. The van der Waals surface area contributed by atoms with Crippen molar-refractivity contribution in [3.63, 3.8) is 0 Å². The highest BCUT2D eigenvalue weighted by Crippen LogP contribution is 2.36. The van der Waals surface area contributed by atoms with E-state index in [9.17, 15) is 0 Å². The third-order valence-electron chi connectivity index (χ3n) is 4.38. The fourth-order valence-electron chi connectivity index (χ4n) is 3.42. The summed E-state index contributed by atoms with van der Waals surface area (Å²) in [6.45, 7) is 6.81. The Balaban J connectivity index is 2.31. The fraction of sp³-hybridized carbons (Fsp3) is 0.800. The Morgan fingerprint density at radius 2 is 2.00 bits per heavy atom. The monoisotopic (exact) mass is 266 g/mol. The maximum absolute atomic E-state index is 5.51. The molecule has 0 amide bonds. The van der Waals surface area contributed by atoms with Crippen molar-refractivity contribution < 1.29 is 0 Å². The molecule has 1 saturated carbocycles. The highest BCUT2D eigenvalue weighted by Gasteiger charge is 2.26. The quantitative estimate of drug-likeness (QED) is 0.743. The van der Waals surface area contributed by atoms with Gasteiger partial charge in [0.05, 0.1) is 0 Å². The van der Waals surface area contributed by atoms with Gasteiger partial charge in [-0.15, -0.1) is 0 Å². The van der Waals surface area contributed by atoms with E-state index in [1.807, 2.05) is 0 Å². The van der Waals surface area contributed by atoms with Gasteiger partial charge in [0.2, 0.25) is 0 Å². The van der Waals surface area contributed by atoms with Gasteiger partial charge in [0.25, 0.3) is 0 Å². The lowest BCUT2D eigenvalue weighted by molar-refractivity contribution is 0.237. The van der Waals surface area contributed by atoms with Crippen LogP contribution in [-0.4, -0.2) is 9.55 Å². The maximum atomic E-state index is 5.51. The predicted octanol–water partition coefficient (Wildman–Crippen LogP) is 5.20. The van der Waals surface area contributed by atoms with Crippen LogP contribution in [0.4, 0.5) is 0 Å². The van der Waals surface area contributed by atoms with Crippen LogP contribution in [0.1, 0.15) is 76.9 Å². The van der Waals surface area contributed by atoms with E-state index in [1.54, 1.807) is 0 Å². The van der Waals surface area contributed by atoms with E-state index >= 15 is 0 Å². The largest absolute Gasteiger partial charge is 0.337 e. The van der Waals surface area contributed by atoms with Crippen LogP contribution in [0.2, 0.25) is 0 Å². The van der Waals surface area contributed by atoms with Crippen molar-refractivity contribution in [1.82, 2.24) is 9.55 Å². The highest BCUT2D eigenvalue weighted by atomic mass is 32.1. The molecule has 2 nitrogen and oxygen atoms in total. The summed E-state index contributed by atoms with van der Waals surface area (Å²) in [5.41, 5.74) is 1.37. The molecule has 1 aliphatic carbocycles. The summed E-state index contributed by atoms with van der Waals surface area (Å²) in [7, 11) is 0. The van der Waals surface area contributed by atoms with Crippen molar-refractivity contribution in [1.29, 1.82) is 0 Å². The van der Waals surface area contributed by atoms with Crippen molar-refractivity contribution in [2.75, 3.05) is 0 Å². The van der Waals surface area contributed by atoms with Crippen molar-refractivity contribution in [2.24, 2.45) is 5.92 Å². The second kappa shape index (κ2) is 6.05. The predicted molar refractivity (Wildman–Crippen MR) is 79.6 cm³/mol. The summed E-state index contributed by atoms with van der Waals surface area (Å²) in [5, 5.41) is 0. The van der Waals surface area contributed by atoms with E-state index in [-0.39, 0.29) is 0 Å². The Morgan fingerprint density at radius 3 is 2.56 bits per heavy atom. The van der Waals surface area contributed by atoms with Gasteiger partial charge in [0.1, 0.15) is 0 Å². The van der Waals surface area contributed by atoms with Crippen LogP contribution < -0.4 is 0 Å². The lowest BCUT2D eigenvalue weighted by Crippen LogP contribution is -2.23. The summed E-state index contributed by atoms with van der Waals surface area (Å²) in [6.07, 6.45) is 10.3. The standard InChI is InChI=1S/C15H26N2S/c1-4-13(12-8-6-5-7-9-12)17-14(11(2)3)10-16-15(17)18/h10-13H,4-9H2,1-3H3,(H,16,18). The molecular formula is C15H26N2S. The molecule has 3 heteroatoms. The summed E-state index contributed by atoms with van der Waals surface area (Å²) in [4.78, 5) is 3.25. The molecular weight excluding hydrogens is 240 g/mol. The van der Waals surface area contributed by atoms with Crippen LogP contribution in [-0.2, 0) is 0 Å². The summed E-state index contributed by atoms with van der Waals surface area (Å²) >= 11 is 5.51.